The zero-order valence-electron chi connectivity index (χ0n) is 18.6. The van der Waals surface area contributed by atoms with E-state index in [1.54, 1.807) is 0 Å². The Morgan fingerprint density at radius 2 is 0.885 bits per heavy atom. The number of hydrogen-bond acceptors (Lipinski definition) is 5. The van der Waals surface area contributed by atoms with Crippen LogP contribution in [0.4, 0.5) is 0 Å². The molecule has 2 fully saturated rings. The third-order valence-corrected chi connectivity index (χ3v) is 6.59. The molecule has 0 unspecified atom stereocenters. The van der Waals surface area contributed by atoms with Crippen molar-refractivity contribution in [3.8, 4) is 0 Å². The van der Waals surface area contributed by atoms with Gasteiger partial charge in [0.1, 0.15) is 0 Å². The maximum Gasteiger partial charge on any atom is 0.352 e. The van der Waals surface area contributed by atoms with Gasteiger partial charge in [0.2, 0.25) is 0 Å². The van der Waals surface area contributed by atoms with Gasteiger partial charge in [0.05, 0.1) is 0 Å². The summed E-state index contributed by atoms with van der Waals surface area (Å²) in [5.41, 5.74) is -0.697. The van der Waals surface area contributed by atoms with E-state index in [4.69, 9.17) is 9.25 Å². The van der Waals surface area contributed by atoms with Crippen LogP contribution >= 0.6 is 8.25 Å². The fourth-order valence-corrected chi connectivity index (χ4v) is 7.51. The van der Waals surface area contributed by atoms with Gasteiger partial charge in [-0.25, -0.2) is 9.25 Å². The van der Waals surface area contributed by atoms with Crippen molar-refractivity contribution in [1.29, 1.82) is 0 Å². The summed E-state index contributed by atoms with van der Waals surface area (Å²) in [4.78, 5) is 0. The van der Waals surface area contributed by atoms with Crippen LogP contribution in [-0.2, 0) is 13.8 Å². The average molecular weight is 389 g/mol. The quantitative estimate of drug-likeness (QED) is 0.568. The van der Waals surface area contributed by atoms with Gasteiger partial charge in [-0.3, -0.25) is 4.57 Å². The Balaban J connectivity index is 2.14. The molecule has 2 heterocycles. The summed E-state index contributed by atoms with van der Waals surface area (Å²) in [7, 11) is -2.70. The van der Waals surface area contributed by atoms with E-state index in [0.29, 0.717) is 11.8 Å². The van der Waals surface area contributed by atoms with Gasteiger partial charge in [-0.05, 0) is 92.9 Å². The van der Waals surface area contributed by atoms with E-state index in [9.17, 15) is 4.57 Å². The number of piperidine rings is 2. The first kappa shape index (κ1) is 22.4. The molecular formula is C20H41N2O3P. The topological polar surface area (TPSA) is 42.0 Å². The van der Waals surface area contributed by atoms with Crippen LogP contribution < -0.4 is 0 Å². The fourth-order valence-electron chi connectivity index (χ4n) is 6.19. The molecule has 2 aliphatic heterocycles. The van der Waals surface area contributed by atoms with Crippen molar-refractivity contribution in [3.63, 3.8) is 0 Å². The first-order chi connectivity index (χ1) is 11.6. The van der Waals surface area contributed by atoms with Gasteiger partial charge in [-0.15, -0.1) is 0 Å². The first-order valence-corrected chi connectivity index (χ1v) is 11.3. The monoisotopic (exact) mass is 388 g/mol. The number of hydrogen-bond donors (Lipinski definition) is 0. The van der Waals surface area contributed by atoms with Gasteiger partial charge in [0.25, 0.3) is 0 Å². The summed E-state index contributed by atoms with van der Waals surface area (Å²) in [6, 6.07) is 0. The number of hydroxylamine groups is 4. The Hall–Kier alpha value is 0.0700. The van der Waals surface area contributed by atoms with E-state index in [-0.39, 0.29) is 22.2 Å². The Kier molecular flexibility index (Phi) is 6.15. The highest BCUT2D eigenvalue weighted by Gasteiger charge is 2.49. The molecule has 0 aromatic rings. The molecule has 0 saturated carbocycles. The molecule has 6 heteroatoms. The Bertz CT molecular complexity index is 463. The van der Waals surface area contributed by atoms with E-state index in [0.717, 1.165) is 25.7 Å². The fraction of sp³-hybridized carbons (Fsp3) is 1.00. The number of nitrogens with zero attached hydrogens (tertiary/aromatic N) is 2. The summed E-state index contributed by atoms with van der Waals surface area (Å²) >= 11 is 0. The van der Waals surface area contributed by atoms with Crippen molar-refractivity contribution in [2.75, 3.05) is 0 Å². The largest absolute Gasteiger partial charge is 0.352 e. The van der Waals surface area contributed by atoms with E-state index in [1.807, 2.05) is 10.1 Å². The van der Waals surface area contributed by atoms with Crippen LogP contribution in [0.3, 0.4) is 0 Å². The van der Waals surface area contributed by atoms with Gasteiger partial charge in [0.15, 0.2) is 0 Å². The van der Waals surface area contributed by atoms with Crippen molar-refractivity contribution in [3.05, 3.63) is 0 Å². The van der Waals surface area contributed by atoms with Crippen molar-refractivity contribution < 1.29 is 13.8 Å². The molecule has 2 saturated heterocycles. The van der Waals surface area contributed by atoms with Crippen LogP contribution in [0.1, 0.15) is 94.9 Å². The summed E-state index contributed by atoms with van der Waals surface area (Å²) in [6.07, 6.45) is 4.07. The molecule has 26 heavy (non-hydrogen) atoms. The van der Waals surface area contributed by atoms with Crippen LogP contribution in [0.5, 0.6) is 0 Å². The van der Waals surface area contributed by atoms with Crippen molar-refractivity contribution in [1.82, 2.24) is 10.1 Å². The van der Waals surface area contributed by atoms with Crippen LogP contribution in [0.2, 0.25) is 0 Å². The Morgan fingerprint density at radius 1 is 0.654 bits per heavy atom. The minimum absolute atomic E-state index is 0.174. The van der Waals surface area contributed by atoms with Crippen LogP contribution in [0.15, 0.2) is 0 Å². The molecule has 0 aromatic heterocycles. The van der Waals surface area contributed by atoms with Crippen LogP contribution in [-0.4, -0.2) is 32.3 Å². The second-order valence-corrected chi connectivity index (χ2v) is 12.2. The molecule has 0 amide bonds. The van der Waals surface area contributed by atoms with E-state index in [2.05, 4.69) is 69.2 Å². The van der Waals surface area contributed by atoms with E-state index >= 15 is 0 Å². The molecule has 154 valence electrons. The minimum atomic E-state index is -2.70. The zero-order valence-corrected chi connectivity index (χ0v) is 19.6. The van der Waals surface area contributed by atoms with Gasteiger partial charge in [-0.2, -0.15) is 10.1 Å². The van der Waals surface area contributed by atoms with E-state index in [1.165, 1.54) is 0 Å². The van der Waals surface area contributed by atoms with Crippen molar-refractivity contribution in [2.24, 2.45) is 11.8 Å². The third-order valence-electron chi connectivity index (χ3n) is 5.92. The number of rotatable bonds is 4. The van der Waals surface area contributed by atoms with Gasteiger partial charge < -0.3 is 0 Å². The van der Waals surface area contributed by atoms with E-state index < -0.39 is 8.25 Å². The lowest BCUT2D eigenvalue weighted by molar-refractivity contribution is -0.261. The second-order valence-electron chi connectivity index (χ2n) is 11.3. The maximum atomic E-state index is 13.0. The van der Waals surface area contributed by atoms with Crippen LogP contribution in [0.25, 0.3) is 0 Å². The summed E-state index contributed by atoms with van der Waals surface area (Å²) in [5, 5.41) is 3.88. The molecule has 0 N–H and O–H groups in total. The third kappa shape index (κ3) is 4.72. The summed E-state index contributed by atoms with van der Waals surface area (Å²) in [5.74, 6) is 1.23. The normalized spacial score (nSPS) is 30.0. The predicted molar refractivity (Wildman–Crippen MR) is 108 cm³/mol. The molecule has 0 bridgehead atoms. The first-order valence-electron chi connectivity index (χ1n) is 10.1. The second kappa shape index (κ2) is 7.15. The molecule has 5 nitrogen and oxygen atoms in total. The molecule has 0 spiro atoms. The maximum absolute atomic E-state index is 13.0. The van der Waals surface area contributed by atoms with Crippen molar-refractivity contribution >= 4 is 8.25 Å². The molecular weight excluding hydrogens is 347 g/mol. The highest BCUT2D eigenvalue weighted by Crippen LogP contribution is 2.48. The molecule has 0 atom stereocenters. The van der Waals surface area contributed by atoms with Gasteiger partial charge in [-0.1, -0.05) is 13.8 Å². The van der Waals surface area contributed by atoms with Crippen LogP contribution in [0, 0.1) is 11.8 Å². The standard InChI is InChI=1S/C20H41N2O3P/c1-15-11-17(3,4)21(18(5,6)12-15)24-26(23)25-22-19(7,8)13-16(2)14-20(22,9)10/h15-16,26H,11-14H2,1-10H3. The van der Waals surface area contributed by atoms with Gasteiger partial charge in [0, 0.05) is 22.2 Å². The predicted octanol–water partition coefficient (Wildman–Crippen LogP) is 5.82. The SMILES string of the molecule is CC1CC(C)(C)N(O[PH](=O)ON2C(C)(C)CC(C)CC2(C)C)C(C)(C)C1. The summed E-state index contributed by atoms with van der Waals surface area (Å²) < 4.78 is 25.0. The molecule has 0 aliphatic carbocycles. The van der Waals surface area contributed by atoms with Crippen molar-refractivity contribution in [2.45, 2.75) is 117 Å². The highest BCUT2D eigenvalue weighted by molar-refractivity contribution is 7.33. The smallest absolute Gasteiger partial charge is 0.260 e. The Labute approximate surface area is 161 Å². The lowest BCUT2D eigenvalue weighted by Gasteiger charge is -2.54. The zero-order chi connectivity index (χ0) is 20.1. The highest BCUT2D eigenvalue weighted by atomic mass is 31.1. The minimum Gasteiger partial charge on any atom is -0.260 e. The molecule has 2 rings (SSSR count). The van der Waals surface area contributed by atoms with Gasteiger partial charge >= 0.3 is 8.25 Å². The molecule has 0 aromatic carbocycles. The lowest BCUT2D eigenvalue weighted by Crippen LogP contribution is -2.60. The Morgan fingerprint density at radius 3 is 1.12 bits per heavy atom. The average Bonchev–Trinajstić information content (AvgIpc) is 2.35. The summed E-state index contributed by atoms with van der Waals surface area (Å²) in [6.45, 7) is 21.9. The lowest BCUT2D eigenvalue weighted by atomic mass is 9.76. The molecule has 0 radical (unpaired) electrons. The molecule has 2 aliphatic rings.